The summed E-state index contributed by atoms with van der Waals surface area (Å²) in [5.41, 5.74) is 2.65. The van der Waals surface area contributed by atoms with Crippen LogP contribution in [0.15, 0.2) is 4.99 Å². The molecule has 15 heavy (non-hydrogen) atoms. The van der Waals surface area contributed by atoms with Crippen LogP contribution in [-0.2, 0) is 4.74 Å². The van der Waals surface area contributed by atoms with Gasteiger partial charge in [-0.2, -0.15) is 0 Å². The average Bonchev–Trinajstić information content (AvgIpc) is 2.27. The van der Waals surface area contributed by atoms with E-state index in [2.05, 4.69) is 29.2 Å². The summed E-state index contributed by atoms with van der Waals surface area (Å²) in [4.78, 5) is 6.45. The van der Waals surface area contributed by atoms with Crippen LogP contribution in [0.3, 0.4) is 0 Å². The largest absolute Gasteiger partial charge is 0.383 e. The summed E-state index contributed by atoms with van der Waals surface area (Å²) in [7, 11) is 1.70. The minimum absolute atomic E-state index is 0.404. The van der Waals surface area contributed by atoms with E-state index in [0.29, 0.717) is 12.6 Å². The maximum Gasteiger partial charge on any atom is 0.208 e. The third-order valence-corrected chi connectivity index (χ3v) is 2.37. The molecule has 5 nitrogen and oxygen atoms in total. The Bertz CT molecular complexity index is 184. The Balaban J connectivity index is 4.50. The molecule has 1 unspecified atom stereocenters. The molecule has 0 radical (unpaired) electrons. The molecule has 0 heterocycles. The number of hydrogen-bond acceptors (Lipinski definition) is 3. The summed E-state index contributed by atoms with van der Waals surface area (Å²) < 4.78 is 5.07. The molecule has 0 saturated carbocycles. The standard InChI is InChI=1S/C10H24N4O/c1-5-9(3)14(7-8-15-4)10(13-11)12-6-2/h9H,5-8,11H2,1-4H3,(H,12,13). The van der Waals surface area contributed by atoms with Crippen LogP contribution in [-0.4, -0.2) is 43.7 Å². The Hall–Kier alpha value is -0.810. The average molecular weight is 216 g/mol. The number of rotatable bonds is 6. The van der Waals surface area contributed by atoms with Gasteiger partial charge in [-0.15, -0.1) is 0 Å². The number of hydrazine groups is 1. The zero-order valence-corrected chi connectivity index (χ0v) is 10.3. The molecule has 0 fully saturated rings. The first-order valence-electron chi connectivity index (χ1n) is 5.47. The molecule has 0 aliphatic heterocycles. The number of ether oxygens (including phenoxy) is 1. The van der Waals surface area contributed by atoms with Crippen molar-refractivity contribution in [2.24, 2.45) is 10.8 Å². The fourth-order valence-corrected chi connectivity index (χ4v) is 1.31. The number of hydrogen-bond donors (Lipinski definition) is 2. The van der Waals surface area contributed by atoms with Gasteiger partial charge in [0.15, 0.2) is 0 Å². The molecule has 0 aliphatic rings. The first kappa shape index (κ1) is 14.2. The minimum Gasteiger partial charge on any atom is -0.383 e. The molecule has 0 rings (SSSR count). The smallest absolute Gasteiger partial charge is 0.208 e. The van der Waals surface area contributed by atoms with Gasteiger partial charge in [-0.25, -0.2) is 5.84 Å². The summed E-state index contributed by atoms with van der Waals surface area (Å²) in [6.07, 6.45) is 1.05. The highest BCUT2D eigenvalue weighted by atomic mass is 16.5. The van der Waals surface area contributed by atoms with Crippen molar-refractivity contribution in [3.63, 3.8) is 0 Å². The first-order valence-corrected chi connectivity index (χ1v) is 5.47. The predicted octanol–water partition coefficient (Wildman–Crippen LogP) is 0.573. The highest BCUT2D eigenvalue weighted by molar-refractivity contribution is 5.79. The van der Waals surface area contributed by atoms with E-state index in [1.165, 1.54) is 0 Å². The fourth-order valence-electron chi connectivity index (χ4n) is 1.31. The van der Waals surface area contributed by atoms with E-state index in [-0.39, 0.29) is 0 Å². The van der Waals surface area contributed by atoms with Gasteiger partial charge < -0.3 is 9.64 Å². The van der Waals surface area contributed by atoms with E-state index in [9.17, 15) is 0 Å². The summed E-state index contributed by atoms with van der Waals surface area (Å²) in [5, 5.41) is 0. The summed E-state index contributed by atoms with van der Waals surface area (Å²) in [5.74, 6) is 6.20. The van der Waals surface area contributed by atoms with Crippen molar-refractivity contribution in [3.8, 4) is 0 Å². The summed E-state index contributed by atoms with van der Waals surface area (Å²) in [6, 6.07) is 0.404. The number of nitrogens with zero attached hydrogens (tertiary/aromatic N) is 2. The van der Waals surface area contributed by atoms with E-state index >= 15 is 0 Å². The van der Waals surface area contributed by atoms with Crippen LogP contribution >= 0.6 is 0 Å². The lowest BCUT2D eigenvalue weighted by Gasteiger charge is -2.30. The minimum atomic E-state index is 0.404. The molecule has 0 amide bonds. The quantitative estimate of drug-likeness (QED) is 0.295. The van der Waals surface area contributed by atoms with Crippen molar-refractivity contribution in [3.05, 3.63) is 0 Å². The fraction of sp³-hybridized carbons (Fsp3) is 0.900. The molecule has 0 aromatic rings. The van der Waals surface area contributed by atoms with E-state index < -0.39 is 0 Å². The number of nitrogens with one attached hydrogen (secondary N) is 1. The second-order valence-electron chi connectivity index (χ2n) is 3.39. The number of aliphatic imine (C=N–C) groups is 1. The molecular formula is C10H24N4O. The normalized spacial score (nSPS) is 13.8. The summed E-state index contributed by atoms with van der Waals surface area (Å²) in [6.45, 7) is 8.48. The summed E-state index contributed by atoms with van der Waals surface area (Å²) >= 11 is 0. The van der Waals surface area contributed by atoms with Gasteiger partial charge in [0.05, 0.1) is 6.61 Å². The van der Waals surface area contributed by atoms with Crippen LogP contribution in [0.1, 0.15) is 27.2 Å². The molecule has 0 bridgehead atoms. The van der Waals surface area contributed by atoms with Gasteiger partial charge in [0.25, 0.3) is 0 Å². The van der Waals surface area contributed by atoms with Crippen molar-refractivity contribution >= 4 is 5.96 Å². The van der Waals surface area contributed by atoms with E-state index in [0.717, 1.165) is 25.5 Å². The van der Waals surface area contributed by atoms with Gasteiger partial charge in [-0.3, -0.25) is 10.4 Å². The Morgan fingerprint density at radius 2 is 2.20 bits per heavy atom. The molecule has 0 saturated heterocycles. The molecule has 1 atom stereocenters. The van der Waals surface area contributed by atoms with E-state index in [1.807, 2.05) is 6.92 Å². The highest BCUT2D eigenvalue weighted by Crippen LogP contribution is 2.03. The number of guanidine groups is 1. The Morgan fingerprint density at radius 3 is 2.60 bits per heavy atom. The van der Waals surface area contributed by atoms with Crippen molar-refractivity contribution in [2.75, 3.05) is 26.8 Å². The molecular weight excluding hydrogens is 192 g/mol. The van der Waals surface area contributed by atoms with Crippen LogP contribution in [0.25, 0.3) is 0 Å². The van der Waals surface area contributed by atoms with Crippen molar-refractivity contribution in [1.29, 1.82) is 0 Å². The molecule has 0 aliphatic carbocycles. The van der Waals surface area contributed by atoms with Crippen LogP contribution in [0.4, 0.5) is 0 Å². The second kappa shape index (κ2) is 8.49. The molecule has 0 aromatic heterocycles. The molecule has 0 spiro atoms. The third kappa shape index (κ3) is 4.99. The molecule has 90 valence electrons. The van der Waals surface area contributed by atoms with Gasteiger partial charge in [0, 0.05) is 26.2 Å². The lowest BCUT2D eigenvalue weighted by Crippen LogP contribution is -2.50. The third-order valence-electron chi connectivity index (χ3n) is 2.37. The van der Waals surface area contributed by atoms with Crippen molar-refractivity contribution < 1.29 is 4.74 Å². The lowest BCUT2D eigenvalue weighted by atomic mass is 10.2. The van der Waals surface area contributed by atoms with Crippen LogP contribution in [0.2, 0.25) is 0 Å². The van der Waals surface area contributed by atoms with Crippen molar-refractivity contribution in [2.45, 2.75) is 33.2 Å². The van der Waals surface area contributed by atoms with Gasteiger partial charge in [-0.05, 0) is 20.3 Å². The van der Waals surface area contributed by atoms with Gasteiger partial charge in [0.2, 0.25) is 5.96 Å². The molecule has 5 heteroatoms. The van der Waals surface area contributed by atoms with E-state index in [1.54, 1.807) is 7.11 Å². The Morgan fingerprint density at radius 1 is 1.53 bits per heavy atom. The molecule has 3 N–H and O–H groups in total. The second-order valence-corrected chi connectivity index (χ2v) is 3.39. The Labute approximate surface area is 92.7 Å². The number of methoxy groups -OCH3 is 1. The van der Waals surface area contributed by atoms with Crippen molar-refractivity contribution in [1.82, 2.24) is 10.3 Å². The highest BCUT2D eigenvalue weighted by Gasteiger charge is 2.15. The Kier molecular flexibility index (Phi) is 8.04. The maximum atomic E-state index is 5.46. The lowest BCUT2D eigenvalue weighted by molar-refractivity contribution is 0.161. The predicted molar refractivity (Wildman–Crippen MR) is 63.6 cm³/mol. The van der Waals surface area contributed by atoms with Crippen LogP contribution in [0.5, 0.6) is 0 Å². The maximum absolute atomic E-state index is 5.46. The van der Waals surface area contributed by atoms with Gasteiger partial charge in [-0.1, -0.05) is 6.92 Å². The molecule has 0 aromatic carbocycles. The zero-order valence-electron chi connectivity index (χ0n) is 10.3. The zero-order chi connectivity index (χ0) is 11.7. The van der Waals surface area contributed by atoms with Gasteiger partial charge >= 0.3 is 0 Å². The SMILES string of the molecule is CCN=C(NN)N(CCOC)C(C)CC. The number of nitrogens with two attached hydrogens (primary N) is 1. The first-order chi connectivity index (χ1) is 7.21. The van der Waals surface area contributed by atoms with E-state index in [4.69, 9.17) is 10.6 Å². The topological polar surface area (TPSA) is 62.9 Å². The van der Waals surface area contributed by atoms with Crippen LogP contribution < -0.4 is 11.3 Å². The van der Waals surface area contributed by atoms with Crippen LogP contribution in [0, 0.1) is 0 Å². The monoisotopic (exact) mass is 216 g/mol. The van der Waals surface area contributed by atoms with Gasteiger partial charge in [0.1, 0.15) is 0 Å².